The Kier molecular flexibility index (Phi) is 4.15. The number of esters is 1. The van der Waals surface area contributed by atoms with Crippen LogP contribution in [0.25, 0.3) is 10.8 Å². The number of hydrogen-bond donors (Lipinski definition) is 0. The molecule has 112 valence electrons. The number of benzene rings is 1. The summed E-state index contributed by atoms with van der Waals surface area (Å²) in [5, 5.41) is 5.94. The number of hydrogen-bond acceptors (Lipinski definition) is 6. The summed E-state index contributed by atoms with van der Waals surface area (Å²) >= 11 is 1.42. The van der Waals surface area contributed by atoms with Crippen LogP contribution in [0.4, 0.5) is 0 Å². The van der Waals surface area contributed by atoms with Gasteiger partial charge in [0.25, 0.3) is 5.89 Å². The Morgan fingerprint density at radius 1 is 1.23 bits per heavy atom. The van der Waals surface area contributed by atoms with Crippen molar-refractivity contribution >= 4 is 17.3 Å². The fourth-order valence-corrected chi connectivity index (χ4v) is 2.46. The van der Waals surface area contributed by atoms with Crippen molar-refractivity contribution in [2.45, 2.75) is 13.0 Å². The molecule has 0 saturated carbocycles. The maximum absolute atomic E-state index is 11.7. The zero-order valence-electron chi connectivity index (χ0n) is 11.5. The molecule has 0 aliphatic heterocycles. The lowest BCUT2D eigenvalue weighted by atomic mass is 10.3. The van der Waals surface area contributed by atoms with Gasteiger partial charge in [-0.2, -0.15) is 4.68 Å². The molecule has 6 nitrogen and oxygen atoms in total. The third-order valence-corrected chi connectivity index (χ3v) is 3.70. The summed E-state index contributed by atoms with van der Waals surface area (Å²) in [5.74, 6) is -0.287. The summed E-state index contributed by atoms with van der Waals surface area (Å²) < 4.78 is 11.3. The van der Waals surface area contributed by atoms with Gasteiger partial charge in [0.1, 0.15) is 5.75 Å². The first-order chi connectivity index (χ1) is 10.7. The van der Waals surface area contributed by atoms with Gasteiger partial charge in [0, 0.05) is 0 Å². The smallest absolute Gasteiger partial charge is 0.426 e. The third-order valence-electron chi connectivity index (χ3n) is 2.84. The van der Waals surface area contributed by atoms with Crippen molar-refractivity contribution < 1.29 is 13.9 Å². The molecule has 0 fully saturated rings. The van der Waals surface area contributed by atoms with Crippen molar-refractivity contribution in [2.24, 2.45) is 0 Å². The first-order valence-corrected chi connectivity index (χ1v) is 7.48. The van der Waals surface area contributed by atoms with Crippen LogP contribution < -0.4 is 10.5 Å². The predicted octanol–water partition coefficient (Wildman–Crippen LogP) is 2.56. The van der Waals surface area contributed by atoms with E-state index >= 15 is 0 Å². The number of nitrogens with zero attached hydrogens (tertiary/aromatic N) is 2. The van der Waals surface area contributed by atoms with Crippen molar-refractivity contribution in [3.63, 3.8) is 0 Å². The predicted molar refractivity (Wildman–Crippen MR) is 80.8 cm³/mol. The van der Waals surface area contributed by atoms with E-state index in [0.717, 1.165) is 9.56 Å². The fourth-order valence-electron chi connectivity index (χ4n) is 1.82. The number of ether oxygens (including phenoxy) is 1. The highest BCUT2D eigenvalue weighted by Crippen LogP contribution is 2.21. The second-order valence-electron chi connectivity index (χ2n) is 4.41. The highest BCUT2D eigenvalue weighted by atomic mass is 32.1. The molecule has 0 saturated heterocycles. The van der Waals surface area contributed by atoms with Crippen LogP contribution in [-0.4, -0.2) is 15.7 Å². The molecule has 0 spiro atoms. The molecule has 0 unspecified atom stereocenters. The minimum Gasteiger partial charge on any atom is -0.426 e. The Bertz CT molecular complexity index is 806. The van der Waals surface area contributed by atoms with Crippen LogP contribution in [0.3, 0.4) is 0 Å². The van der Waals surface area contributed by atoms with E-state index in [1.807, 2.05) is 23.6 Å². The third kappa shape index (κ3) is 3.32. The number of aryl methyl sites for hydroxylation is 1. The molecule has 2 heterocycles. The van der Waals surface area contributed by atoms with Crippen LogP contribution in [0.15, 0.2) is 57.1 Å². The maximum atomic E-state index is 11.7. The maximum Gasteiger partial charge on any atom is 0.437 e. The molecule has 0 atom stereocenters. The molecule has 3 rings (SSSR count). The van der Waals surface area contributed by atoms with Crippen molar-refractivity contribution in [3.8, 4) is 16.5 Å². The summed E-state index contributed by atoms with van der Waals surface area (Å²) in [6.45, 7) is 0.110. The molecule has 22 heavy (non-hydrogen) atoms. The lowest BCUT2D eigenvalue weighted by Crippen LogP contribution is -2.19. The lowest BCUT2D eigenvalue weighted by molar-refractivity contribution is -0.134. The first-order valence-electron chi connectivity index (χ1n) is 6.60. The number of rotatable bonds is 5. The lowest BCUT2D eigenvalue weighted by Gasteiger charge is -2.03. The summed E-state index contributed by atoms with van der Waals surface area (Å²) in [4.78, 5) is 24.2. The molecule has 0 aliphatic carbocycles. The molecule has 7 heteroatoms. The van der Waals surface area contributed by atoms with Crippen LogP contribution in [0.2, 0.25) is 0 Å². The molecule has 0 radical (unpaired) electrons. The molecule has 3 aromatic rings. The van der Waals surface area contributed by atoms with Crippen molar-refractivity contribution in [1.82, 2.24) is 9.78 Å². The van der Waals surface area contributed by atoms with Crippen LogP contribution >= 0.6 is 11.3 Å². The van der Waals surface area contributed by atoms with Gasteiger partial charge in [0.15, 0.2) is 0 Å². The topological polar surface area (TPSA) is 74.3 Å². The van der Waals surface area contributed by atoms with E-state index in [4.69, 9.17) is 9.15 Å². The van der Waals surface area contributed by atoms with E-state index in [2.05, 4.69) is 5.10 Å². The number of thiophene rings is 1. The van der Waals surface area contributed by atoms with E-state index in [1.165, 1.54) is 11.3 Å². The average molecular weight is 316 g/mol. The molecule has 0 bridgehead atoms. The first kappa shape index (κ1) is 14.3. The SMILES string of the molecule is O=C(CCn1nc(-c2cccs2)oc1=O)Oc1ccccc1. The van der Waals surface area contributed by atoms with Crippen LogP contribution in [-0.2, 0) is 11.3 Å². The molecule has 0 N–H and O–H groups in total. The van der Waals surface area contributed by atoms with Gasteiger partial charge in [-0.15, -0.1) is 16.4 Å². The van der Waals surface area contributed by atoms with Gasteiger partial charge in [0.05, 0.1) is 17.8 Å². The van der Waals surface area contributed by atoms with Gasteiger partial charge in [-0.1, -0.05) is 24.3 Å². The van der Waals surface area contributed by atoms with Crippen LogP contribution in [0, 0.1) is 0 Å². The average Bonchev–Trinajstić information content (AvgIpc) is 3.16. The largest absolute Gasteiger partial charge is 0.437 e. The second kappa shape index (κ2) is 6.40. The van der Waals surface area contributed by atoms with Gasteiger partial charge in [-0.25, -0.2) is 4.79 Å². The van der Waals surface area contributed by atoms with Crippen molar-refractivity contribution in [1.29, 1.82) is 0 Å². The van der Waals surface area contributed by atoms with E-state index in [9.17, 15) is 9.59 Å². The van der Waals surface area contributed by atoms with E-state index in [1.54, 1.807) is 24.3 Å². The highest BCUT2D eigenvalue weighted by molar-refractivity contribution is 7.13. The van der Waals surface area contributed by atoms with Crippen molar-refractivity contribution in [2.75, 3.05) is 0 Å². The summed E-state index contributed by atoms with van der Waals surface area (Å²) in [6.07, 6.45) is 0.0330. The minimum atomic E-state index is -0.587. The minimum absolute atomic E-state index is 0.0330. The van der Waals surface area contributed by atoms with Crippen LogP contribution in [0.5, 0.6) is 5.75 Å². The zero-order valence-corrected chi connectivity index (χ0v) is 12.3. The van der Waals surface area contributed by atoms with E-state index in [0.29, 0.717) is 5.75 Å². The fraction of sp³-hybridized carbons (Fsp3) is 0.133. The van der Waals surface area contributed by atoms with E-state index < -0.39 is 11.7 Å². The molecule has 2 aromatic heterocycles. The van der Waals surface area contributed by atoms with Crippen LogP contribution in [0.1, 0.15) is 6.42 Å². The summed E-state index contributed by atoms with van der Waals surface area (Å²) in [7, 11) is 0. The normalized spacial score (nSPS) is 10.5. The standard InChI is InChI=1S/C15H12N2O4S/c18-13(20-11-5-2-1-3-6-11)8-9-17-15(19)21-14(16-17)12-7-4-10-22-12/h1-7,10H,8-9H2. The highest BCUT2D eigenvalue weighted by Gasteiger charge is 2.13. The Labute approximate surface area is 129 Å². The number of carbonyl (C=O) groups excluding carboxylic acids is 1. The second-order valence-corrected chi connectivity index (χ2v) is 5.36. The quantitative estimate of drug-likeness (QED) is 0.534. The van der Waals surface area contributed by atoms with Gasteiger partial charge in [-0.3, -0.25) is 4.79 Å². The summed E-state index contributed by atoms with van der Waals surface area (Å²) in [6, 6.07) is 12.4. The Morgan fingerprint density at radius 2 is 2.05 bits per heavy atom. The summed E-state index contributed by atoms with van der Waals surface area (Å²) in [5.41, 5.74) is 0. The molecular formula is C15H12N2O4S. The van der Waals surface area contributed by atoms with Gasteiger partial charge in [-0.05, 0) is 23.6 Å². The van der Waals surface area contributed by atoms with Crippen molar-refractivity contribution in [3.05, 3.63) is 58.4 Å². The molecule has 1 aromatic carbocycles. The molecular weight excluding hydrogens is 304 g/mol. The Morgan fingerprint density at radius 3 is 2.77 bits per heavy atom. The molecule has 0 amide bonds. The zero-order chi connectivity index (χ0) is 15.4. The molecule has 0 aliphatic rings. The number of carbonyl (C=O) groups is 1. The monoisotopic (exact) mass is 316 g/mol. The van der Waals surface area contributed by atoms with Gasteiger partial charge >= 0.3 is 11.7 Å². The van der Waals surface area contributed by atoms with Gasteiger partial charge < -0.3 is 9.15 Å². The number of aromatic nitrogens is 2. The Hall–Kier alpha value is -2.67. The van der Waals surface area contributed by atoms with E-state index in [-0.39, 0.29) is 18.9 Å². The Balaban J connectivity index is 1.62. The number of para-hydroxylation sites is 1. The van der Waals surface area contributed by atoms with Gasteiger partial charge in [0.2, 0.25) is 0 Å².